The zero-order valence-electron chi connectivity index (χ0n) is 20.6. The third-order valence-electron chi connectivity index (χ3n) is 6.13. The molecule has 0 amide bonds. The van der Waals surface area contributed by atoms with Crippen LogP contribution in [0.1, 0.15) is 39.8 Å². The van der Waals surface area contributed by atoms with Crippen molar-refractivity contribution in [3.05, 3.63) is 78.5 Å². The van der Waals surface area contributed by atoms with Crippen molar-refractivity contribution in [3.63, 3.8) is 0 Å². The Kier molecular flexibility index (Phi) is 5.72. The fraction of sp³-hybridized carbons (Fsp3) is 0.259. The molecule has 7 nitrogen and oxygen atoms in total. The zero-order valence-corrected chi connectivity index (χ0v) is 21.4. The van der Waals surface area contributed by atoms with Gasteiger partial charge in [-0.15, -0.1) is 0 Å². The molecule has 1 aliphatic rings. The zero-order chi connectivity index (χ0) is 25.7. The highest BCUT2D eigenvalue weighted by molar-refractivity contribution is 7.92. The van der Waals surface area contributed by atoms with Crippen molar-refractivity contribution in [2.75, 3.05) is 4.72 Å². The molecule has 0 fully saturated rings. The van der Waals surface area contributed by atoms with Gasteiger partial charge in [0.25, 0.3) is 10.0 Å². The Morgan fingerprint density at radius 2 is 1.67 bits per heavy atom. The van der Waals surface area contributed by atoms with Crippen LogP contribution in [0.3, 0.4) is 0 Å². The van der Waals surface area contributed by atoms with Crippen LogP contribution in [-0.4, -0.2) is 34.4 Å². The van der Waals surface area contributed by atoms with E-state index in [1.807, 2.05) is 12.1 Å². The number of aromatic amines is 1. The number of nitrogens with one attached hydrogen (secondary N) is 3. The SMILES string of the molecule is CC1(C)C=C(c2cc3c(-c4ccc(NS(=O)(=O)c5ccc(F)cc5)cc4)ncnc3[nH]2)CC(C)(C)N1. The van der Waals surface area contributed by atoms with Crippen LogP contribution in [0.15, 0.2) is 71.9 Å². The van der Waals surface area contributed by atoms with Gasteiger partial charge in [0.15, 0.2) is 0 Å². The molecule has 5 rings (SSSR count). The van der Waals surface area contributed by atoms with Gasteiger partial charge in [0.2, 0.25) is 0 Å². The third-order valence-corrected chi connectivity index (χ3v) is 7.53. The number of halogens is 1. The van der Waals surface area contributed by atoms with Crippen LogP contribution in [0, 0.1) is 5.82 Å². The Morgan fingerprint density at radius 1 is 0.972 bits per heavy atom. The van der Waals surface area contributed by atoms with Gasteiger partial charge < -0.3 is 10.3 Å². The topological polar surface area (TPSA) is 99.8 Å². The molecule has 2 aromatic carbocycles. The molecule has 4 aromatic rings. The Hall–Kier alpha value is -3.56. The first-order valence-corrected chi connectivity index (χ1v) is 13.1. The number of sulfonamides is 1. The minimum Gasteiger partial charge on any atom is -0.339 e. The first-order valence-electron chi connectivity index (χ1n) is 11.6. The molecule has 3 heterocycles. The number of H-pyrrole nitrogens is 1. The number of fused-ring (bicyclic) bond motifs is 1. The van der Waals surface area contributed by atoms with Crippen molar-refractivity contribution >= 4 is 32.3 Å². The van der Waals surface area contributed by atoms with Crippen LogP contribution >= 0.6 is 0 Å². The number of aromatic nitrogens is 3. The fourth-order valence-corrected chi connectivity index (χ4v) is 6.01. The van der Waals surface area contributed by atoms with Gasteiger partial charge in [-0.3, -0.25) is 4.72 Å². The van der Waals surface area contributed by atoms with Gasteiger partial charge in [0.1, 0.15) is 17.8 Å². The van der Waals surface area contributed by atoms with Gasteiger partial charge >= 0.3 is 0 Å². The number of hydrogen-bond donors (Lipinski definition) is 3. The highest BCUT2D eigenvalue weighted by atomic mass is 32.2. The predicted molar refractivity (Wildman–Crippen MR) is 140 cm³/mol. The van der Waals surface area contributed by atoms with Crippen LogP contribution in [-0.2, 0) is 10.0 Å². The van der Waals surface area contributed by atoms with Crippen molar-refractivity contribution in [2.45, 2.75) is 50.1 Å². The second kappa shape index (κ2) is 8.53. The molecule has 0 aliphatic carbocycles. The van der Waals surface area contributed by atoms with E-state index >= 15 is 0 Å². The third kappa shape index (κ3) is 4.89. The van der Waals surface area contributed by atoms with E-state index in [1.165, 1.54) is 24.0 Å². The van der Waals surface area contributed by atoms with Crippen molar-refractivity contribution < 1.29 is 12.8 Å². The summed E-state index contributed by atoms with van der Waals surface area (Å²) >= 11 is 0. The van der Waals surface area contributed by atoms with Crippen LogP contribution in [0.5, 0.6) is 0 Å². The van der Waals surface area contributed by atoms with Crippen LogP contribution < -0.4 is 10.0 Å². The largest absolute Gasteiger partial charge is 0.339 e. The standard InChI is InChI=1S/C27H28FN5O2S/c1-26(2)14-18(15-27(3,4)33-26)23-13-22-24(29-16-30-25(22)31-23)17-5-9-20(10-6-17)32-36(34,35)21-11-7-19(28)8-12-21/h5-14,16,32-33H,15H2,1-4H3,(H,29,30,31). The molecule has 0 unspecified atom stereocenters. The van der Waals surface area contributed by atoms with Crippen molar-refractivity contribution in [1.29, 1.82) is 0 Å². The normalized spacial score (nSPS) is 17.1. The lowest BCUT2D eigenvalue weighted by molar-refractivity contribution is 0.297. The molecular formula is C27H28FN5O2S. The molecule has 0 radical (unpaired) electrons. The predicted octanol–water partition coefficient (Wildman–Crippen LogP) is 5.50. The summed E-state index contributed by atoms with van der Waals surface area (Å²) in [4.78, 5) is 12.4. The van der Waals surface area contributed by atoms with Crippen molar-refractivity contribution in [2.24, 2.45) is 0 Å². The first-order chi connectivity index (χ1) is 16.9. The van der Waals surface area contributed by atoms with Crippen LogP contribution in [0.4, 0.5) is 10.1 Å². The van der Waals surface area contributed by atoms with E-state index in [0.29, 0.717) is 5.69 Å². The molecule has 0 saturated heterocycles. The van der Waals surface area contributed by atoms with E-state index in [2.05, 4.69) is 64.8 Å². The summed E-state index contributed by atoms with van der Waals surface area (Å²) in [5, 5.41) is 4.54. The second-order valence-corrected chi connectivity index (χ2v) is 12.1. The highest BCUT2D eigenvalue weighted by Crippen LogP contribution is 2.36. The average molecular weight is 506 g/mol. The Labute approximate surface area is 209 Å². The van der Waals surface area contributed by atoms with E-state index in [4.69, 9.17) is 0 Å². The molecule has 1 aliphatic heterocycles. The molecule has 0 spiro atoms. The van der Waals surface area contributed by atoms with Crippen LogP contribution in [0.2, 0.25) is 0 Å². The molecule has 9 heteroatoms. The summed E-state index contributed by atoms with van der Waals surface area (Å²) in [5.41, 5.74) is 4.77. The Morgan fingerprint density at radius 3 is 2.33 bits per heavy atom. The lowest BCUT2D eigenvalue weighted by Crippen LogP contribution is -2.53. The fourth-order valence-electron chi connectivity index (χ4n) is 4.95. The van der Waals surface area contributed by atoms with E-state index in [0.717, 1.165) is 46.5 Å². The molecule has 0 atom stereocenters. The van der Waals surface area contributed by atoms with Gasteiger partial charge in [-0.1, -0.05) is 18.2 Å². The first kappa shape index (κ1) is 24.1. The number of anilines is 1. The molecule has 186 valence electrons. The Bertz CT molecular complexity index is 1570. The quantitative estimate of drug-likeness (QED) is 0.333. The van der Waals surface area contributed by atoms with Gasteiger partial charge in [0, 0.05) is 33.4 Å². The minimum atomic E-state index is -3.83. The molecule has 0 bridgehead atoms. The maximum atomic E-state index is 13.2. The highest BCUT2D eigenvalue weighted by Gasteiger charge is 2.33. The van der Waals surface area contributed by atoms with Gasteiger partial charge in [0.05, 0.1) is 10.6 Å². The number of benzene rings is 2. The van der Waals surface area contributed by atoms with E-state index in [-0.39, 0.29) is 16.0 Å². The maximum absolute atomic E-state index is 13.2. The lowest BCUT2D eigenvalue weighted by Gasteiger charge is -2.41. The van der Waals surface area contributed by atoms with Gasteiger partial charge in [-0.25, -0.2) is 22.8 Å². The van der Waals surface area contributed by atoms with Crippen molar-refractivity contribution in [1.82, 2.24) is 20.3 Å². The summed E-state index contributed by atoms with van der Waals surface area (Å²) in [6.45, 7) is 8.71. The summed E-state index contributed by atoms with van der Waals surface area (Å²) in [5.74, 6) is -0.494. The monoisotopic (exact) mass is 505 g/mol. The molecule has 36 heavy (non-hydrogen) atoms. The van der Waals surface area contributed by atoms with E-state index in [1.54, 1.807) is 12.1 Å². The van der Waals surface area contributed by atoms with Crippen LogP contribution in [0.25, 0.3) is 27.9 Å². The average Bonchev–Trinajstić information content (AvgIpc) is 3.22. The number of nitrogens with zero attached hydrogens (tertiary/aromatic N) is 2. The summed E-state index contributed by atoms with van der Waals surface area (Å²) in [6.07, 6.45) is 4.64. The Balaban J connectivity index is 1.45. The van der Waals surface area contributed by atoms with Gasteiger partial charge in [-0.05, 0) is 82.2 Å². The van der Waals surface area contributed by atoms with E-state index < -0.39 is 15.8 Å². The summed E-state index contributed by atoms with van der Waals surface area (Å²) in [6, 6.07) is 13.8. The second-order valence-electron chi connectivity index (χ2n) is 10.4. The maximum Gasteiger partial charge on any atom is 0.261 e. The molecule has 2 aromatic heterocycles. The van der Waals surface area contributed by atoms with Crippen molar-refractivity contribution in [3.8, 4) is 11.3 Å². The van der Waals surface area contributed by atoms with E-state index in [9.17, 15) is 12.8 Å². The molecule has 0 saturated carbocycles. The number of rotatable bonds is 5. The number of hydrogen-bond acceptors (Lipinski definition) is 5. The molecule has 3 N–H and O–H groups in total. The van der Waals surface area contributed by atoms with Gasteiger partial charge in [-0.2, -0.15) is 0 Å². The molecular weight excluding hydrogens is 477 g/mol. The lowest BCUT2D eigenvalue weighted by atomic mass is 9.82. The minimum absolute atomic E-state index is 0.0103. The summed E-state index contributed by atoms with van der Waals surface area (Å²) < 4.78 is 40.9. The smallest absolute Gasteiger partial charge is 0.261 e. The summed E-state index contributed by atoms with van der Waals surface area (Å²) in [7, 11) is -3.83.